The van der Waals surface area contributed by atoms with Gasteiger partial charge in [0.05, 0.1) is 0 Å². The molecule has 0 unspecified atom stereocenters. The zero-order valence-corrected chi connectivity index (χ0v) is 19.0. The maximum atomic E-state index is 6.36. The van der Waals surface area contributed by atoms with Crippen molar-refractivity contribution in [3.05, 3.63) is 35.9 Å². The summed E-state index contributed by atoms with van der Waals surface area (Å²) in [6.07, 6.45) is 10.2. The fourth-order valence-corrected chi connectivity index (χ4v) is 17.1. The van der Waals surface area contributed by atoms with E-state index in [0.717, 1.165) is 6.61 Å². The predicted molar refractivity (Wildman–Crippen MR) is 113 cm³/mol. The molecule has 0 spiro atoms. The van der Waals surface area contributed by atoms with Gasteiger partial charge in [-0.25, -0.2) is 0 Å². The first kappa shape index (κ1) is 21.0. The first-order valence-electron chi connectivity index (χ1n) is 10.9. The Kier molecular flexibility index (Phi) is 9.62. The topological polar surface area (TPSA) is 9.23 Å². The van der Waals surface area contributed by atoms with Crippen molar-refractivity contribution in [2.24, 2.45) is 0 Å². The summed E-state index contributed by atoms with van der Waals surface area (Å²) in [4.78, 5) is 0. The van der Waals surface area contributed by atoms with Crippen molar-refractivity contribution in [2.45, 2.75) is 98.8 Å². The summed E-state index contributed by atoms with van der Waals surface area (Å²) >= 11 is -1.83. The average molecular weight is 405 g/mol. The normalized spacial score (nSPS) is 20.9. The van der Waals surface area contributed by atoms with Crippen LogP contribution in [0.4, 0.5) is 0 Å². The van der Waals surface area contributed by atoms with Crippen molar-refractivity contribution in [3.8, 4) is 0 Å². The van der Waals surface area contributed by atoms with E-state index >= 15 is 0 Å². The third-order valence-corrected chi connectivity index (χ3v) is 17.8. The molecule has 1 aliphatic heterocycles. The van der Waals surface area contributed by atoms with Crippen LogP contribution in [0.25, 0.3) is 0 Å². The third-order valence-electron chi connectivity index (χ3n) is 6.25. The molecule has 1 aliphatic rings. The van der Waals surface area contributed by atoms with Gasteiger partial charge in [0.15, 0.2) is 0 Å². The van der Waals surface area contributed by atoms with E-state index in [9.17, 15) is 0 Å². The molecule has 1 heterocycles. The molecule has 2 heteroatoms. The number of unbranched alkanes of at least 4 members (excludes halogenated alkanes) is 3. The van der Waals surface area contributed by atoms with Crippen LogP contribution in [0.2, 0.25) is 21.0 Å². The molecule has 1 aromatic carbocycles. The van der Waals surface area contributed by atoms with E-state index in [-0.39, 0.29) is 0 Å². The number of hydrogen-bond acceptors (Lipinski definition) is 1. The van der Waals surface area contributed by atoms with Crippen molar-refractivity contribution in [1.29, 1.82) is 0 Å². The molecule has 0 radical (unpaired) electrons. The summed E-state index contributed by atoms with van der Waals surface area (Å²) in [5, 5.41) is 6.20. The summed E-state index contributed by atoms with van der Waals surface area (Å²) in [6.45, 7) is 8.07. The van der Waals surface area contributed by atoms with Crippen LogP contribution in [0, 0.1) is 0 Å². The first-order valence-corrected chi connectivity index (χ1v) is 16.8. The van der Waals surface area contributed by atoms with Gasteiger partial charge in [-0.1, -0.05) is 0 Å². The quantitative estimate of drug-likeness (QED) is 0.329. The second-order valence-corrected chi connectivity index (χ2v) is 18.5. The number of ether oxygens (including phenoxy) is 1. The second-order valence-electron chi connectivity index (χ2n) is 8.23. The minimum absolute atomic E-state index is 0.507. The summed E-state index contributed by atoms with van der Waals surface area (Å²) in [5.74, 6) is 0.649. The van der Waals surface area contributed by atoms with E-state index in [4.69, 9.17) is 4.74 Å². The summed E-state index contributed by atoms with van der Waals surface area (Å²) in [5.41, 5.74) is 1.52. The molecule has 1 fully saturated rings. The van der Waals surface area contributed by atoms with Gasteiger partial charge in [0, 0.05) is 0 Å². The number of rotatable bonds is 12. The van der Waals surface area contributed by atoms with E-state index in [2.05, 4.69) is 51.1 Å². The Morgan fingerprint density at radius 1 is 0.880 bits per heavy atom. The van der Waals surface area contributed by atoms with Crippen LogP contribution in [-0.4, -0.2) is 26.0 Å². The van der Waals surface area contributed by atoms with E-state index in [1.165, 1.54) is 55.8 Å². The average Bonchev–Trinajstić information content (AvgIpc) is 3.11. The van der Waals surface area contributed by atoms with Gasteiger partial charge in [-0.3, -0.25) is 0 Å². The van der Waals surface area contributed by atoms with Gasteiger partial charge >= 0.3 is 159 Å². The molecule has 1 saturated heterocycles. The van der Waals surface area contributed by atoms with Crippen molar-refractivity contribution < 1.29 is 4.74 Å². The molecule has 0 aliphatic carbocycles. The van der Waals surface area contributed by atoms with Crippen molar-refractivity contribution >= 4 is 13.3 Å². The standard InChI is InChI=1S/C23H40GeO/c1-4-7-16-24(17-8-5-2,18-9-6-3)20-23-22(15-19-25-23)21-13-11-10-12-14-21/h10-14,22-23H,4-9,15-20H2,1-3H3/t22-,23-/m0/s1. The maximum absolute atomic E-state index is 6.36. The van der Waals surface area contributed by atoms with Crippen LogP contribution in [-0.2, 0) is 4.74 Å². The van der Waals surface area contributed by atoms with Crippen molar-refractivity contribution in [2.75, 3.05) is 6.61 Å². The van der Waals surface area contributed by atoms with E-state index in [1.807, 2.05) is 0 Å². The Morgan fingerprint density at radius 2 is 1.44 bits per heavy atom. The summed E-state index contributed by atoms with van der Waals surface area (Å²) in [7, 11) is 0. The van der Waals surface area contributed by atoms with Crippen molar-refractivity contribution in [3.63, 3.8) is 0 Å². The van der Waals surface area contributed by atoms with Crippen LogP contribution < -0.4 is 0 Å². The molecule has 0 amide bonds. The number of hydrogen-bond donors (Lipinski definition) is 0. The van der Waals surface area contributed by atoms with E-state index in [1.54, 1.807) is 15.8 Å². The van der Waals surface area contributed by atoms with Crippen LogP contribution in [0.3, 0.4) is 0 Å². The Bertz CT molecular complexity index is 437. The molecule has 0 saturated carbocycles. The van der Waals surface area contributed by atoms with E-state index in [0.29, 0.717) is 12.0 Å². The molecule has 0 N–H and O–H groups in total. The van der Waals surface area contributed by atoms with Gasteiger partial charge in [-0.15, -0.1) is 0 Å². The molecular weight excluding hydrogens is 365 g/mol. The Hall–Kier alpha value is -0.277. The molecule has 1 aromatic rings. The molecular formula is C23H40GeO. The van der Waals surface area contributed by atoms with Gasteiger partial charge in [0.25, 0.3) is 0 Å². The molecule has 0 bridgehead atoms. The first-order chi connectivity index (χ1) is 12.2. The zero-order valence-electron chi connectivity index (χ0n) is 16.9. The van der Waals surface area contributed by atoms with Crippen LogP contribution in [0.1, 0.15) is 77.2 Å². The fraction of sp³-hybridized carbons (Fsp3) is 0.739. The van der Waals surface area contributed by atoms with Gasteiger partial charge < -0.3 is 0 Å². The minimum atomic E-state index is -1.83. The van der Waals surface area contributed by atoms with Crippen molar-refractivity contribution in [1.82, 2.24) is 0 Å². The monoisotopic (exact) mass is 406 g/mol. The second kappa shape index (κ2) is 11.4. The Labute approximate surface area is 159 Å². The molecule has 25 heavy (non-hydrogen) atoms. The molecule has 0 aromatic heterocycles. The zero-order chi connectivity index (χ0) is 18.0. The van der Waals surface area contributed by atoms with Gasteiger partial charge in [-0.2, -0.15) is 0 Å². The molecule has 2 rings (SSSR count). The van der Waals surface area contributed by atoms with Gasteiger partial charge in [0.1, 0.15) is 0 Å². The molecule has 1 nitrogen and oxygen atoms in total. The van der Waals surface area contributed by atoms with Crippen LogP contribution in [0.5, 0.6) is 0 Å². The Morgan fingerprint density at radius 3 is 1.96 bits per heavy atom. The van der Waals surface area contributed by atoms with Gasteiger partial charge in [-0.05, 0) is 0 Å². The predicted octanol–water partition coefficient (Wildman–Crippen LogP) is 7.41. The Balaban J connectivity index is 2.14. The summed E-state index contributed by atoms with van der Waals surface area (Å²) in [6, 6.07) is 11.2. The number of benzene rings is 1. The SMILES string of the molecule is CCC[CH2][Ge]([CH2]CCC)([CH2]CCC)[CH2][C@@H]1OCC[C@H]1c1ccccc1. The van der Waals surface area contributed by atoms with Gasteiger partial charge in [0.2, 0.25) is 0 Å². The fourth-order valence-electron chi connectivity index (χ4n) is 4.69. The molecule has 142 valence electrons. The summed E-state index contributed by atoms with van der Waals surface area (Å²) < 4.78 is 6.36. The van der Waals surface area contributed by atoms with Crippen LogP contribution >= 0.6 is 0 Å². The van der Waals surface area contributed by atoms with E-state index < -0.39 is 13.3 Å². The third kappa shape index (κ3) is 6.43. The van der Waals surface area contributed by atoms with Crippen LogP contribution in [0.15, 0.2) is 30.3 Å². The molecule has 2 atom stereocenters.